The van der Waals surface area contributed by atoms with Crippen molar-refractivity contribution in [1.29, 1.82) is 0 Å². The maximum atomic E-state index is 12.4. The second kappa shape index (κ2) is 5.75. The van der Waals surface area contributed by atoms with E-state index in [0.29, 0.717) is 13.0 Å². The predicted molar refractivity (Wildman–Crippen MR) is 79.0 cm³/mol. The molecule has 3 rings (SSSR count). The van der Waals surface area contributed by atoms with Crippen molar-refractivity contribution in [1.82, 2.24) is 16.2 Å². The van der Waals surface area contributed by atoms with E-state index in [-0.39, 0.29) is 35.4 Å². The van der Waals surface area contributed by atoms with E-state index < -0.39 is 9.84 Å². The van der Waals surface area contributed by atoms with Crippen molar-refractivity contribution in [2.75, 3.05) is 18.1 Å². The van der Waals surface area contributed by atoms with Crippen LogP contribution in [-0.2, 0) is 14.6 Å². The summed E-state index contributed by atoms with van der Waals surface area (Å²) in [6.45, 7) is 0.533. The summed E-state index contributed by atoms with van der Waals surface area (Å²) in [4.78, 5) is 12.4. The topological polar surface area (TPSA) is 87.3 Å². The van der Waals surface area contributed by atoms with Crippen LogP contribution in [0.1, 0.15) is 18.0 Å². The predicted octanol–water partition coefficient (Wildman–Crippen LogP) is -0.245. The van der Waals surface area contributed by atoms with Gasteiger partial charge in [0.1, 0.15) is 0 Å². The van der Waals surface area contributed by atoms with Crippen molar-refractivity contribution in [3.63, 3.8) is 0 Å². The van der Waals surface area contributed by atoms with Gasteiger partial charge in [-0.1, -0.05) is 30.3 Å². The molecule has 0 spiro atoms. The summed E-state index contributed by atoms with van der Waals surface area (Å²) in [7, 11) is -2.98. The van der Waals surface area contributed by atoms with Crippen LogP contribution < -0.4 is 16.2 Å². The molecule has 6 nitrogen and oxygen atoms in total. The van der Waals surface area contributed by atoms with Crippen LogP contribution >= 0.6 is 0 Å². The molecule has 0 saturated carbocycles. The van der Waals surface area contributed by atoms with Crippen molar-refractivity contribution < 1.29 is 13.2 Å². The van der Waals surface area contributed by atoms with E-state index in [1.54, 1.807) is 0 Å². The highest BCUT2D eigenvalue weighted by Gasteiger charge is 2.36. The summed E-state index contributed by atoms with van der Waals surface area (Å²) in [5, 5.41) is 2.88. The number of hydrogen-bond donors (Lipinski definition) is 3. The van der Waals surface area contributed by atoms with E-state index in [1.165, 1.54) is 0 Å². The van der Waals surface area contributed by atoms with Crippen LogP contribution in [0.2, 0.25) is 0 Å². The molecule has 3 unspecified atom stereocenters. The number of hydrazine groups is 1. The molecule has 1 aromatic carbocycles. The Kier molecular flexibility index (Phi) is 3.97. The van der Waals surface area contributed by atoms with Gasteiger partial charge in [0.25, 0.3) is 0 Å². The van der Waals surface area contributed by atoms with Gasteiger partial charge in [0.05, 0.1) is 23.5 Å². The molecular weight excluding hydrogens is 290 g/mol. The Hall–Kier alpha value is -1.44. The van der Waals surface area contributed by atoms with Crippen LogP contribution in [0.4, 0.5) is 0 Å². The fraction of sp³-hybridized carbons (Fsp3) is 0.500. The molecule has 2 aliphatic heterocycles. The zero-order valence-electron chi connectivity index (χ0n) is 11.6. The first-order valence-corrected chi connectivity index (χ1v) is 8.91. The molecular formula is C14H19N3O3S. The molecule has 0 aromatic heterocycles. The summed E-state index contributed by atoms with van der Waals surface area (Å²) in [5.41, 5.74) is 7.17. The average molecular weight is 309 g/mol. The molecule has 1 aromatic rings. The molecule has 1 amide bonds. The number of carbonyl (C=O) groups is 1. The SMILES string of the molecule is O=C(NC1CCS(=O)(=O)C1)C1CNNC1c1ccccc1. The second-order valence-corrected chi connectivity index (χ2v) is 7.86. The molecule has 0 bridgehead atoms. The first-order valence-electron chi connectivity index (χ1n) is 7.09. The Bertz CT molecular complexity index is 618. The van der Waals surface area contributed by atoms with E-state index in [2.05, 4.69) is 16.2 Å². The zero-order chi connectivity index (χ0) is 14.9. The van der Waals surface area contributed by atoms with Crippen molar-refractivity contribution >= 4 is 15.7 Å². The molecule has 0 radical (unpaired) electrons. The van der Waals surface area contributed by atoms with Gasteiger partial charge in [-0.3, -0.25) is 10.2 Å². The Labute approximate surface area is 124 Å². The lowest BCUT2D eigenvalue weighted by Gasteiger charge is -2.20. The van der Waals surface area contributed by atoms with Crippen LogP contribution in [0.25, 0.3) is 0 Å². The molecule has 0 aliphatic carbocycles. The minimum absolute atomic E-state index is 0.0579. The number of benzene rings is 1. The van der Waals surface area contributed by atoms with Gasteiger partial charge >= 0.3 is 0 Å². The zero-order valence-corrected chi connectivity index (χ0v) is 12.4. The van der Waals surface area contributed by atoms with Gasteiger partial charge in [-0.2, -0.15) is 0 Å². The minimum atomic E-state index is -2.98. The number of sulfone groups is 1. The van der Waals surface area contributed by atoms with Gasteiger partial charge < -0.3 is 5.32 Å². The van der Waals surface area contributed by atoms with E-state index >= 15 is 0 Å². The Morgan fingerprint density at radius 1 is 1.24 bits per heavy atom. The van der Waals surface area contributed by atoms with Crippen molar-refractivity contribution in [3.05, 3.63) is 35.9 Å². The fourth-order valence-corrected chi connectivity index (χ4v) is 4.61. The molecule has 21 heavy (non-hydrogen) atoms. The van der Waals surface area contributed by atoms with Crippen molar-refractivity contribution in [2.45, 2.75) is 18.5 Å². The third kappa shape index (κ3) is 3.25. The Morgan fingerprint density at radius 2 is 2.00 bits per heavy atom. The number of carbonyl (C=O) groups excluding carboxylic acids is 1. The van der Waals surface area contributed by atoms with Gasteiger partial charge in [-0.25, -0.2) is 13.8 Å². The molecule has 3 N–H and O–H groups in total. The van der Waals surface area contributed by atoms with Crippen molar-refractivity contribution in [3.8, 4) is 0 Å². The van der Waals surface area contributed by atoms with Crippen LogP contribution in [0.15, 0.2) is 30.3 Å². The smallest absolute Gasteiger partial charge is 0.226 e. The standard InChI is InChI=1S/C14H19N3O3S/c18-14(16-11-6-7-21(19,20)9-11)12-8-15-17-13(12)10-4-2-1-3-5-10/h1-5,11-13,15,17H,6-9H2,(H,16,18). The molecule has 2 fully saturated rings. The highest BCUT2D eigenvalue weighted by molar-refractivity contribution is 7.91. The third-order valence-electron chi connectivity index (χ3n) is 4.06. The van der Waals surface area contributed by atoms with Gasteiger partial charge in [0.15, 0.2) is 9.84 Å². The maximum Gasteiger partial charge on any atom is 0.226 e. The van der Waals surface area contributed by atoms with Gasteiger partial charge in [-0.05, 0) is 12.0 Å². The Morgan fingerprint density at radius 3 is 2.67 bits per heavy atom. The summed E-state index contributed by atoms with van der Waals surface area (Å²) < 4.78 is 22.9. The lowest BCUT2D eigenvalue weighted by molar-refractivity contribution is -0.125. The van der Waals surface area contributed by atoms with Crippen LogP contribution in [0, 0.1) is 5.92 Å². The highest BCUT2D eigenvalue weighted by Crippen LogP contribution is 2.25. The minimum Gasteiger partial charge on any atom is -0.352 e. The summed E-state index contributed by atoms with van der Waals surface area (Å²) in [6.07, 6.45) is 0.512. The van der Waals surface area contributed by atoms with E-state index in [1.807, 2.05) is 30.3 Å². The van der Waals surface area contributed by atoms with Gasteiger partial charge in [-0.15, -0.1) is 0 Å². The normalized spacial score (nSPS) is 31.1. The summed E-state index contributed by atoms with van der Waals surface area (Å²) in [6, 6.07) is 9.42. The van der Waals surface area contributed by atoms with Crippen LogP contribution in [-0.4, -0.2) is 38.4 Å². The molecule has 2 heterocycles. The maximum absolute atomic E-state index is 12.4. The monoisotopic (exact) mass is 309 g/mol. The fourth-order valence-electron chi connectivity index (χ4n) is 2.93. The quantitative estimate of drug-likeness (QED) is 0.717. The molecule has 2 saturated heterocycles. The second-order valence-electron chi connectivity index (χ2n) is 5.63. The van der Waals surface area contributed by atoms with Gasteiger partial charge in [0.2, 0.25) is 5.91 Å². The number of hydrogen-bond acceptors (Lipinski definition) is 5. The molecule has 2 aliphatic rings. The third-order valence-corrected chi connectivity index (χ3v) is 5.82. The first-order chi connectivity index (χ1) is 10.1. The van der Waals surface area contributed by atoms with Crippen molar-refractivity contribution in [2.24, 2.45) is 5.92 Å². The first kappa shape index (κ1) is 14.5. The lowest BCUT2D eigenvalue weighted by Crippen LogP contribution is -2.41. The largest absolute Gasteiger partial charge is 0.352 e. The number of rotatable bonds is 3. The number of nitrogens with one attached hydrogen (secondary N) is 3. The van der Waals surface area contributed by atoms with E-state index in [4.69, 9.17) is 0 Å². The molecule has 3 atom stereocenters. The lowest BCUT2D eigenvalue weighted by atomic mass is 9.94. The average Bonchev–Trinajstić information content (AvgIpc) is 3.06. The van der Waals surface area contributed by atoms with Crippen LogP contribution in [0.5, 0.6) is 0 Å². The highest BCUT2D eigenvalue weighted by atomic mass is 32.2. The van der Waals surface area contributed by atoms with E-state index in [9.17, 15) is 13.2 Å². The molecule has 114 valence electrons. The summed E-state index contributed by atoms with van der Waals surface area (Å²) >= 11 is 0. The van der Waals surface area contributed by atoms with Gasteiger partial charge in [0, 0.05) is 12.6 Å². The van der Waals surface area contributed by atoms with E-state index in [0.717, 1.165) is 5.56 Å². The molecule has 7 heteroatoms. The Balaban J connectivity index is 1.67. The van der Waals surface area contributed by atoms with Crippen LogP contribution in [0.3, 0.4) is 0 Å². The number of amides is 1. The summed E-state index contributed by atoms with van der Waals surface area (Å²) in [5.74, 6) is -0.108.